The summed E-state index contributed by atoms with van der Waals surface area (Å²) in [6.07, 6.45) is 0. The lowest BCUT2D eigenvalue weighted by molar-refractivity contribution is 0.101. The van der Waals surface area contributed by atoms with E-state index in [-0.39, 0.29) is 11.6 Å². The molecular weight excluding hydrogens is 271 g/mol. The van der Waals surface area contributed by atoms with E-state index in [0.29, 0.717) is 15.5 Å². The van der Waals surface area contributed by atoms with Crippen molar-refractivity contribution in [3.8, 4) is 0 Å². The van der Waals surface area contributed by atoms with Crippen LogP contribution in [-0.2, 0) is 0 Å². The molecule has 0 saturated heterocycles. The minimum Gasteiger partial charge on any atom is -0.294 e. The van der Waals surface area contributed by atoms with Crippen LogP contribution < -0.4 is 0 Å². The molecule has 18 heavy (non-hydrogen) atoms. The Balaban J connectivity index is 2.35. The summed E-state index contributed by atoms with van der Waals surface area (Å²) in [7, 11) is 0. The van der Waals surface area contributed by atoms with Crippen LogP contribution in [-0.4, -0.2) is 5.78 Å². The fraction of sp³-hybridized carbons (Fsp3) is 0.0714. The smallest absolute Gasteiger partial charge is 0.160 e. The first-order valence-electron chi connectivity index (χ1n) is 5.30. The summed E-state index contributed by atoms with van der Waals surface area (Å²) in [5.41, 5.74) is 0.524. The Morgan fingerprint density at radius 2 is 1.83 bits per heavy atom. The lowest BCUT2D eigenvalue weighted by atomic mass is 10.1. The lowest BCUT2D eigenvalue weighted by Gasteiger charge is -2.07. The molecule has 0 heterocycles. The molecule has 2 aromatic carbocycles. The van der Waals surface area contributed by atoms with Gasteiger partial charge in [0.15, 0.2) is 5.78 Å². The first-order chi connectivity index (χ1) is 8.56. The molecule has 0 saturated carbocycles. The molecule has 0 aromatic heterocycles. The van der Waals surface area contributed by atoms with Crippen LogP contribution >= 0.6 is 23.4 Å². The maximum Gasteiger partial charge on any atom is 0.160 e. The Hall–Kier alpha value is -1.32. The molecule has 0 radical (unpaired) electrons. The summed E-state index contributed by atoms with van der Waals surface area (Å²) in [6, 6.07) is 11.4. The van der Waals surface area contributed by atoms with Gasteiger partial charge in [-0.2, -0.15) is 0 Å². The molecule has 0 fully saturated rings. The van der Waals surface area contributed by atoms with E-state index >= 15 is 0 Å². The second kappa shape index (κ2) is 5.55. The molecular formula is C14H10ClFOS. The van der Waals surface area contributed by atoms with E-state index in [9.17, 15) is 9.18 Å². The average molecular weight is 281 g/mol. The van der Waals surface area contributed by atoms with Gasteiger partial charge in [-0.3, -0.25) is 4.79 Å². The third-order valence-corrected chi connectivity index (χ3v) is 3.68. The van der Waals surface area contributed by atoms with Gasteiger partial charge in [0.25, 0.3) is 0 Å². The molecule has 92 valence electrons. The third-order valence-electron chi connectivity index (χ3n) is 2.36. The molecule has 0 amide bonds. The summed E-state index contributed by atoms with van der Waals surface area (Å²) in [5.74, 6) is -0.428. The quantitative estimate of drug-likeness (QED) is 0.749. The fourth-order valence-corrected chi connectivity index (χ4v) is 2.65. The normalized spacial score (nSPS) is 10.4. The molecule has 0 atom stereocenters. The number of halogens is 2. The molecule has 0 aliphatic heterocycles. The van der Waals surface area contributed by atoms with E-state index in [2.05, 4.69) is 0 Å². The highest BCUT2D eigenvalue weighted by molar-refractivity contribution is 7.99. The topological polar surface area (TPSA) is 17.1 Å². The predicted octanol–water partition coefficient (Wildman–Crippen LogP) is 4.83. The van der Waals surface area contributed by atoms with Crippen molar-refractivity contribution in [2.75, 3.05) is 0 Å². The highest BCUT2D eigenvalue weighted by atomic mass is 35.5. The van der Waals surface area contributed by atoms with E-state index in [1.165, 1.54) is 36.9 Å². The molecule has 0 unspecified atom stereocenters. The molecule has 4 heteroatoms. The van der Waals surface area contributed by atoms with Crippen LogP contribution in [0, 0.1) is 5.82 Å². The largest absolute Gasteiger partial charge is 0.294 e. The molecule has 2 rings (SSSR count). The van der Waals surface area contributed by atoms with E-state index in [4.69, 9.17) is 11.6 Å². The molecule has 2 aromatic rings. The summed E-state index contributed by atoms with van der Waals surface area (Å²) in [5, 5.41) is 0.644. The van der Waals surface area contributed by atoms with Crippen molar-refractivity contribution in [2.24, 2.45) is 0 Å². The van der Waals surface area contributed by atoms with Gasteiger partial charge in [-0.25, -0.2) is 4.39 Å². The van der Waals surface area contributed by atoms with Crippen molar-refractivity contribution in [3.05, 3.63) is 58.9 Å². The van der Waals surface area contributed by atoms with Gasteiger partial charge < -0.3 is 0 Å². The van der Waals surface area contributed by atoms with Gasteiger partial charge >= 0.3 is 0 Å². The molecule has 0 aliphatic rings. The van der Waals surface area contributed by atoms with Crippen LogP contribution in [0.5, 0.6) is 0 Å². The number of Topliss-reactive ketones (excluding diaryl/α,β-unsaturated/α-hetero) is 1. The van der Waals surface area contributed by atoms with Crippen LogP contribution in [0.15, 0.2) is 52.3 Å². The van der Waals surface area contributed by atoms with E-state index in [1.807, 2.05) is 12.1 Å². The van der Waals surface area contributed by atoms with Gasteiger partial charge in [0, 0.05) is 20.4 Å². The number of ketones is 1. The molecule has 0 spiro atoms. The number of carbonyl (C=O) groups excluding carboxylic acids is 1. The van der Waals surface area contributed by atoms with Crippen LogP contribution in [0.4, 0.5) is 4.39 Å². The number of hydrogen-bond donors (Lipinski definition) is 0. The first kappa shape index (κ1) is 13.1. The zero-order valence-electron chi connectivity index (χ0n) is 9.61. The van der Waals surface area contributed by atoms with Crippen molar-refractivity contribution in [3.63, 3.8) is 0 Å². The van der Waals surface area contributed by atoms with Crippen molar-refractivity contribution in [2.45, 2.75) is 16.7 Å². The molecule has 0 aliphatic carbocycles. The molecule has 0 N–H and O–H groups in total. The fourth-order valence-electron chi connectivity index (χ4n) is 1.50. The summed E-state index contributed by atoms with van der Waals surface area (Å²) < 4.78 is 13.2. The Labute approximate surface area is 114 Å². The van der Waals surface area contributed by atoms with Crippen LogP contribution in [0.25, 0.3) is 0 Å². The second-order valence-corrected chi connectivity index (χ2v) is 5.30. The molecule has 1 nitrogen and oxygen atoms in total. The number of benzene rings is 2. The van der Waals surface area contributed by atoms with Gasteiger partial charge in [-0.05, 0) is 49.4 Å². The summed E-state index contributed by atoms with van der Waals surface area (Å²) >= 11 is 7.14. The monoisotopic (exact) mass is 280 g/mol. The Morgan fingerprint density at radius 3 is 2.44 bits per heavy atom. The van der Waals surface area contributed by atoms with Crippen molar-refractivity contribution >= 4 is 29.1 Å². The lowest BCUT2D eigenvalue weighted by Crippen LogP contribution is -1.95. The number of carbonyl (C=O) groups is 1. The zero-order chi connectivity index (χ0) is 13.1. The number of hydrogen-bond acceptors (Lipinski definition) is 2. The van der Waals surface area contributed by atoms with Crippen molar-refractivity contribution < 1.29 is 9.18 Å². The Morgan fingerprint density at radius 1 is 1.17 bits per heavy atom. The second-order valence-electron chi connectivity index (χ2n) is 3.75. The van der Waals surface area contributed by atoms with Gasteiger partial charge in [0.1, 0.15) is 5.82 Å². The van der Waals surface area contributed by atoms with Crippen molar-refractivity contribution in [1.82, 2.24) is 0 Å². The SMILES string of the molecule is CC(=O)c1ccc(F)cc1Sc1ccc(Cl)cc1. The first-order valence-corrected chi connectivity index (χ1v) is 6.49. The maximum absolute atomic E-state index is 13.2. The van der Waals surface area contributed by atoms with Gasteiger partial charge in [-0.1, -0.05) is 23.4 Å². The van der Waals surface area contributed by atoms with Gasteiger partial charge in [0.05, 0.1) is 0 Å². The predicted molar refractivity (Wildman–Crippen MR) is 72.0 cm³/mol. The maximum atomic E-state index is 13.2. The zero-order valence-corrected chi connectivity index (χ0v) is 11.2. The molecule has 0 bridgehead atoms. The van der Waals surface area contributed by atoms with Gasteiger partial charge in [0.2, 0.25) is 0 Å². The summed E-state index contributed by atoms with van der Waals surface area (Å²) in [6.45, 7) is 1.47. The van der Waals surface area contributed by atoms with E-state index < -0.39 is 0 Å². The van der Waals surface area contributed by atoms with Crippen molar-refractivity contribution in [1.29, 1.82) is 0 Å². The Kier molecular flexibility index (Phi) is 4.04. The van der Waals surface area contributed by atoms with E-state index in [1.54, 1.807) is 12.1 Å². The third kappa shape index (κ3) is 3.12. The Bertz CT molecular complexity index is 581. The highest BCUT2D eigenvalue weighted by Gasteiger charge is 2.09. The standard InChI is InChI=1S/C14H10ClFOS/c1-9(17)13-7-4-11(16)8-14(13)18-12-5-2-10(15)3-6-12/h2-8H,1H3. The summed E-state index contributed by atoms with van der Waals surface area (Å²) in [4.78, 5) is 13.0. The van der Waals surface area contributed by atoms with Crippen LogP contribution in [0.3, 0.4) is 0 Å². The highest BCUT2D eigenvalue weighted by Crippen LogP contribution is 2.32. The van der Waals surface area contributed by atoms with E-state index in [0.717, 1.165) is 4.90 Å². The van der Waals surface area contributed by atoms with Crippen LogP contribution in [0.2, 0.25) is 5.02 Å². The number of rotatable bonds is 3. The minimum atomic E-state index is -0.350. The average Bonchev–Trinajstić information content (AvgIpc) is 2.32. The minimum absolute atomic E-state index is 0.0773. The van der Waals surface area contributed by atoms with Gasteiger partial charge in [-0.15, -0.1) is 0 Å². The van der Waals surface area contributed by atoms with Crippen LogP contribution in [0.1, 0.15) is 17.3 Å².